The van der Waals surface area contributed by atoms with Crippen molar-refractivity contribution in [2.45, 2.75) is 45.1 Å². The summed E-state index contributed by atoms with van der Waals surface area (Å²) in [6.45, 7) is 3.69. The molecule has 38 heavy (non-hydrogen) atoms. The molecule has 9 nitrogen and oxygen atoms in total. The van der Waals surface area contributed by atoms with Gasteiger partial charge in [-0.05, 0) is 56.5 Å². The summed E-state index contributed by atoms with van der Waals surface area (Å²) in [6, 6.07) is 8.65. The Hall–Kier alpha value is -3.65. The molecule has 2 aromatic carbocycles. The normalized spacial score (nSPS) is 12.3. The minimum absolute atomic E-state index is 0. The number of nitrogens with one attached hydrogen (secondary N) is 1. The Morgan fingerprint density at radius 1 is 1.18 bits per heavy atom. The number of hydrogen-bond donors (Lipinski definition) is 2. The lowest BCUT2D eigenvalue weighted by molar-refractivity contribution is -0.137. The first kappa shape index (κ1) is 30.6. The number of nitrogens with zero attached hydrogens (tertiary/aromatic N) is 2. The van der Waals surface area contributed by atoms with E-state index in [0.717, 1.165) is 0 Å². The number of amidine groups is 1. The number of carbonyl (C=O) groups is 2. The van der Waals surface area contributed by atoms with Crippen molar-refractivity contribution >= 4 is 34.6 Å². The molecule has 2 aromatic rings. The smallest absolute Gasteiger partial charge is 0.303 e. The second kappa shape index (κ2) is 12.7. The summed E-state index contributed by atoms with van der Waals surface area (Å²) in [5.74, 6) is -1.45. The first-order chi connectivity index (χ1) is 17.5. The number of fused-ring (bicyclic) bond motifs is 1. The number of aliphatic carboxylic acids is 1. The Kier molecular flexibility index (Phi) is 10.2. The molecule has 204 valence electrons. The van der Waals surface area contributed by atoms with Crippen LogP contribution in [0.4, 0.5) is 4.39 Å². The summed E-state index contributed by atoms with van der Waals surface area (Å²) in [7, 11) is 2.71. The number of ketones is 1. The number of carboxylic acids is 1. The molecule has 1 aliphatic rings. The van der Waals surface area contributed by atoms with Gasteiger partial charge in [0.2, 0.25) is 0 Å². The predicted molar refractivity (Wildman–Crippen MR) is 143 cm³/mol. The summed E-state index contributed by atoms with van der Waals surface area (Å²) in [6.07, 6.45) is 1.04. The first-order valence-corrected chi connectivity index (χ1v) is 11.7. The molecule has 0 radical (unpaired) electrons. The van der Waals surface area contributed by atoms with Crippen molar-refractivity contribution in [3.63, 3.8) is 0 Å². The second-order valence-corrected chi connectivity index (χ2v) is 9.24. The molecule has 0 aromatic heterocycles. The molecule has 11 heteroatoms. The number of rotatable bonds is 12. The molecule has 1 heterocycles. The largest absolute Gasteiger partial charge is 0.493 e. The molecule has 0 unspecified atom stereocenters. The van der Waals surface area contributed by atoms with Crippen LogP contribution in [0.2, 0.25) is 0 Å². The van der Waals surface area contributed by atoms with E-state index in [2.05, 4.69) is 6.07 Å². The van der Waals surface area contributed by atoms with Crippen LogP contribution in [0.25, 0.3) is 0 Å². The van der Waals surface area contributed by atoms with Gasteiger partial charge < -0.3 is 24.2 Å². The van der Waals surface area contributed by atoms with Gasteiger partial charge in [-0.1, -0.05) is 0 Å². The van der Waals surface area contributed by atoms with E-state index < -0.39 is 17.2 Å². The zero-order valence-electron chi connectivity index (χ0n) is 21.7. The third-order valence-electron chi connectivity index (χ3n) is 6.24. The van der Waals surface area contributed by atoms with Crippen molar-refractivity contribution in [2.75, 3.05) is 27.4 Å². The Morgan fingerprint density at radius 2 is 1.89 bits per heavy atom. The van der Waals surface area contributed by atoms with E-state index in [1.54, 1.807) is 38.1 Å². The zero-order chi connectivity index (χ0) is 27.3. The average molecular weight is 592 g/mol. The number of hydrogen-bond acceptors (Lipinski definition) is 7. The van der Waals surface area contributed by atoms with Crippen molar-refractivity contribution in [1.29, 1.82) is 10.7 Å². The van der Waals surface area contributed by atoms with Gasteiger partial charge in [0.05, 0.1) is 44.4 Å². The van der Waals surface area contributed by atoms with E-state index >= 15 is 4.39 Å². The van der Waals surface area contributed by atoms with Gasteiger partial charge in [0, 0.05) is 24.1 Å². The van der Waals surface area contributed by atoms with Crippen LogP contribution in [0.3, 0.4) is 0 Å². The maximum Gasteiger partial charge on any atom is 0.303 e. The van der Waals surface area contributed by atoms with E-state index in [0.29, 0.717) is 35.3 Å². The minimum Gasteiger partial charge on any atom is -0.493 e. The van der Waals surface area contributed by atoms with E-state index in [1.807, 2.05) is 0 Å². The van der Waals surface area contributed by atoms with Gasteiger partial charge in [-0.15, -0.1) is 17.0 Å². The van der Waals surface area contributed by atoms with Crippen LogP contribution in [0.15, 0.2) is 24.3 Å². The summed E-state index contributed by atoms with van der Waals surface area (Å²) >= 11 is 0. The monoisotopic (exact) mass is 591 g/mol. The number of carbonyl (C=O) groups excluding carboxylic acids is 1. The number of carboxylic acid groups (broad SMARTS) is 1. The van der Waals surface area contributed by atoms with Gasteiger partial charge in [0.15, 0.2) is 23.1 Å². The average Bonchev–Trinajstić information content (AvgIpc) is 3.18. The highest BCUT2D eigenvalue weighted by atomic mass is 79.9. The topological polar surface area (TPSA) is 133 Å². The summed E-state index contributed by atoms with van der Waals surface area (Å²) in [5, 5.41) is 26.9. The fraction of sp³-hybridized carbons (Fsp3) is 0.407. The number of halogens is 2. The lowest BCUT2D eigenvalue weighted by Crippen LogP contribution is -2.30. The maximum atomic E-state index is 15.0. The molecule has 0 saturated heterocycles. The van der Waals surface area contributed by atoms with Crippen molar-refractivity contribution < 1.29 is 33.3 Å². The van der Waals surface area contributed by atoms with Crippen LogP contribution in [-0.2, 0) is 16.8 Å². The van der Waals surface area contributed by atoms with E-state index in [-0.39, 0.29) is 71.8 Å². The van der Waals surface area contributed by atoms with Crippen LogP contribution in [-0.4, -0.2) is 55.0 Å². The highest BCUT2D eigenvalue weighted by Gasteiger charge is 2.33. The lowest BCUT2D eigenvalue weighted by atomic mass is 9.84. The highest BCUT2D eigenvalue weighted by Crippen LogP contribution is 2.38. The van der Waals surface area contributed by atoms with Crippen molar-refractivity contribution in [2.24, 2.45) is 0 Å². The van der Waals surface area contributed by atoms with Gasteiger partial charge >= 0.3 is 5.97 Å². The molecular weight excluding hydrogens is 561 g/mol. The second-order valence-electron chi connectivity index (χ2n) is 9.24. The molecule has 1 aliphatic heterocycles. The molecular formula is C27H31BrFN3O6. The van der Waals surface area contributed by atoms with E-state index in [9.17, 15) is 14.9 Å². The van der Waals surface area contributed by atoms with Crippen LogP contribution in [0.5, 0.6) is 17.2 Å². The molecule has 0 aliphatic carbocycles. The van der Waals surface area contributed by atoms with Gasteiger partial charge in [0.1, 0.15) is 11.6 Å². The standard InChI is InChI=1S/C27H30FN3O6.BrH/c1-27(2,15-29)18-11-16(8-9-20(18)37-10-6-5-7-22(33)34)19(32)14-31-13-17-12-21(35-3)25(36-4)24(28)23(17)26(31)30;/h8-9,11-12,30H,5-7,10,13-14H2,1-4H3,(H,33,34);1H. The van der Waals surface area contributed by atoms with Crippen LogP contribution in [0.1, 0.15) is 60.2 Å². The number of ether oxygens (including phenoxy) is 3. The Bertz CT molecular complexity index is 1270. The van der Waals surface area contributed by atoms with Crippen LogP contribution in [0, 0.1) is 22.6 Å². The zero-order valence-corrected chi connectivity index (χ0v) is 23.4. The first-order valence-electron chi connectivity index (χ1n) is 11.7. The molecule has 0 bridgehead atoms. The number of methoxy groups -OCH3 is 2. The number of nitriles is 1. The minimum atomic E-state index is -0.959. The summed E-state index contributed by atoms with van der Waals surface area (Å²) in [5.41, 5.74) is 0.490. The van der Waals surface area contributed by atoms with Crippen molar-refractivity contribution in [1.82, 2.24) is 4.90 Å². The van der Waals surface area contributed by atoms with Gasteiger partial charge in [-0.2, -0.15) is 5.26 Å². The summed E-state index contributed by atoms with van der Waals surface area (Å²) in [4.78, 5) is 25.4. The quantitative estimate of drug-likeness (QED) is 0.263. The fourth-order valence-corrected chi connectivity index (χ4v) is 4.16. The Morgan fingerprint density at radius 3 is 2.50 bits per heavy atom. The van der Waals surface area contributed by atoms with Gasteiger partial charge in [-0.3, -0.25) is 15.0 Å². The van der Waals surface area contributed by atoms with E-state index in [4.69, 9.17) is 24.7 Å². The van der Waals surface area contributed by atoms with Crippen LogP contribution >= 0.6 is 17.0 Å². The number of unbranched alkanes of at least 4 members (excludes halogenated alkanes) is 1. The lowest BCUT2D eigenvalue weighted by Gasteiger charge is -2.22. The maximum absolute atomic E-state index is 15.0. The molecule has 0 saturated carbocycles. The van der Waals surface area contributed by atoms with Crippen molar-refractivity contribution in [3.05, 3.63) is 52.3 Å². The molecule has 2 N–H and O–H groups in total. The highest BCUT2D eigenvalue weighted by molar-refractivity contribution is 8.93. The number of Topliss-reactive ketones (excluding diaryl/α,β-unsaturated/α-hetero) is 1. The van der Waals surface area contributed by atoms with Crippen LogP contribution < -0.4 is 14.2 Å². The molecule has 0 amide bonds. The predicted octanol–water partition coefficient (Wildman–Crippen LogP) is 4.88. The van der Waals surface area contributed by atoms with E-state index in [1.165, 1.54) is 19.1 Å². The van der Waals surface area contributed by atoms with Gasteiger partial charge in [0.25, 0.3) is 0 Å². The SMILES string of the molecule is Br.COc1cc2c(c(F)c1OC)C(=N)N(CC(=O)c1ccc(OCCCCC(=O)O)c(C(C)(C)C#N)c1)C2. The molecule has 0 atom stereocenters. The van der Waals surface area contributed by atoms with Crippen molar-refractivity contribution in [3.8, 4) is 23.3 Å². The third kappa shape index (κ3) is 6.42. The number of benzene rings is 2. The van der Waals surface area contributed by atoms with Gasteiger partial charge in [-0.25, -0.2) is 4.39 Å². The summed E-state index contributed by atoms with van der Waals surface area (Å²) < 4.78 is 31.2. The third-order valence-corrected chi connectivity index (χ3v) is 6.24. The Labute approximate surface area is 231 Å². The molecule has 3 rings (SSSR count). The fourth-order valence-electron chi connectivity index (χ4n) is 4.16. The molecule has 0 fully saturated rings. The Balaban J connectivity index is 0.00000507. The molecule has 0 spiro atoms.